The van der Waals surface area contributed by atoms with Gasteiger partial charge >= 0.3 is 0 Å². The maximum Gasteiger partial charge on any atom is 0.00684 e. The minimum absolute atomic E-state index is 0.505. The SMILES string of the molecule is CCC(CC)CC1(CNC2CC2)CCC(C(C)(C)C)CC1. The summed E-state index contributed by atoms with van der Waals surface area (Å²) < 4.78 is 0. The number of hydrogen-bond donors (Lipinski definition) is 1. The Labute approximate surface area is 133 Å². The van der Waals surface area contributed by atoms with Crippen LogP contribution in [0.2, 0.25) is 0 Å². The molecule has 1 nitrogen and oxygen atoms in total. The van der Waals surface area contributed by atoms with Crippen LogP contribution in [0.4, 0.5) is 0 Å². The van der Waals surface area contributed by atoms with E-state index in [4.69, 9.17) is 0 Å². The molecule has 0 spiro atoms. The smallest absolute Gasteiger partial charge is 0.00684 e. The fourth-order valence-corrected chi connectivity index (χ4v) is 4.39. The summed E-state index contributed by atoms with van der Waals surface area (Å²) >= 11 is 0. The van der Waals surface area contributed by atoms with Gasteiger partial charge in [-0.1, -0.05) is 47.5 Å². The van der Waals surface area contributed by atoms with Gasteiger partial charge in [0.2, 0.25) is 0 Å². The van der Waals surface area contributed by atoms with Crippen LogP contribution in [0.5, 0.6) is 0 Å². The molecule has 2 aliphatic carbocycles. The Morgan fingerprint density at radius 3 is 2.00 bits per heavy atom. The van der Waals surface area contributed by atoms with Crippen molar-refractivity contribution in [1.29, 1.82) is 0 Å². The molecule has 0 aromatic heterocycles. The number of nitrogens with one attached hydrogen (secondary N) is 1. The van der Waals surface area contributed by atoms with Gasteiger partial charge in [0.15, 0.2) is 0 Å². The van der Waals surface area contributed by atoms with E-state index in [9.17, 15) is 0 Å². The molecule has 2 rings (SSSR count). The first-order valence-electron chi connectivity index (χ1n) is 9.62. The third-order valence-corrected chi connectivity index (χ3v) is 6.49. The van der Waals surface area contributed by atoms with Crippen LogP contribution in [0.1, 0.15) is 92.4 Å². The van der Waals surface area contributed by atoms with Gasteiger partial charge < -0.3 is 5.32 Å². The molecule has 21 heavy (non-hydrogen) atoms. The summed E-state index contributed by atoms with van der Waals surface area (Å²) in [5.41, 5.74) is 1.12. The maximum atomic E-state index is 3.87. The lowest BCUT2D eigenvalue weighted by Gasteiger charge is -2.46. The van der Waals surface area contributed by atoms with E-state index >= 15 is 0 Å². The van der Waals surface area contributed by atoms with E-state index in [0.29, 0.717) is 10.8 Å². The predicted octanol–water partition coefficient (Wildman–Crippen LogP) is 5.79. The van der Waals surface area contributed by atoms with Gasteiger partial charge in [-0.2, -0.15) is 0 Å². The minimum atomic E-state index is 0.505. The Hall–Kier alpha value is -0.0400. The maximum absolute atomic E-state index is 3.87. The molecule has 0 radical (unpaired) electrons. The van der Waals surface area contributed by atoms with Crippen LogP contribution in [-0.4, -0.2) is 12.6 Å². The molecule has 0 aromatic rings. The molecular weight excluding hydrogens is 254 g/mol. The molecule has 0 bridgehead atoms. The van der Waals surface area contributed by atoms with Gasteiger partial charge in [-0.15, -0.1) is 0 Å². The fourth-order valence-electron chi connectivity index (χ4n) is 4.39. The predicted molar refractivity (Wildman–Crippen MR) is 93.6 cm³/mol. The molecule has 1 N–H and O–H groups in total. The zero-order valence-electron chi connectivity index (χ0n) is 15.3. The van der Waals surface area contributed by atoms with Crippen LogP contribution < -0.4 is 5.32 Å². The summed E-state index contributed by atoms with van der Waals surface area (Å²) in [4.78, 5) is 0. The van der Waals surface area contributed by atoms with Crippen molar-refractivity contribution in [3.63, 3.8) is 0 Å². The van der Waals surface area contributed by atoms with Gasteiger partial charge in [0.05, 0.1) is 0 Å². The normalized spacial score (nSPS) is 30.9. The summed E-state index contributed by atoms with van der Waals surface area (Å²) in [6.07, 6.45) is 12.9. The van der Waals surface area contributed by atoms with Gasteiger partial charge in [-0.25, -0.2) is 0 Å². The van der Waals surface area contributed by atoms with Crippen molar-refractivity contribution in [2.24, 2.45) is 22.7 Å². The summed E-state index contributed by atoms with van der Waals surface area (Å²) in [5.74, 6) is 1.88. The second kappa shape index (κ2) is 7.02. The van der Waals surface area contributed by atoms with Crippen molar-refractivity contribution < 1.29 is 0 Å². The first-order valence-corrected chi connectivity index (χ1v) is 9.62. The minimum Gasteiger partial charge on any atom is -0.313 e. The monoisotopic (exact) mass is 293 g/mol. The van der Waals surface area contributed by atoms with E-state index in [1.165, 1.54) is 64.3 Å². The zero-order chi connectivity index (χ0) is 15.5. The highest BCUT2D eigenvalue weighted by atomic mass is 15.0. The molecule has 124 valence electrons. The summed E-state index contributed by atoms with van der Waals surface area (Å²) in [5, 5.41) is 3.87. The second-order valence-electron chi connectivity index (χ2n) is 9.18. The standard InChI is InChI=1S/C20H39N/c1-6-16(7-2)14-20(15-21-18-8-9-18)12-10-17(11-13-20)19(3,4)5/h16-18,21H,6-15H2,1-5H3. The molecule has 2 saturated carbocycles. The lowest BCUT2D eigenvalue weighted by atomic mass is 9.61. The van der Waals surface area contributed by atoms with Gasteiger partial charge in [-0.05, 0) is 67.6 Å². The molecule has 0 heterocycles. The molecule has 1 heteroatoms. The highest BCUT2D eigenvalue weighted by molar-refractivity contribution is 4.93. The molecule has 2 aliphatic rings. The summed E-state index contributed by atoms with van der Waals surface area (Å²) in [6.45, 7) is 13.4. The second-order valence-corrected chi connectivity index (χ2v) is 9.18. The lowest BCUT2D eigenvalue weighted by molar-refractivity contribution is 0.0646. The van der Waals surface area contributed by atoms with Crippen molar-refractivity contribution in [2.75, 3.05) is 6.54 Å². The Balaban J connectivity index is 1.96. The van der Waals surface area contributed by atoms with Crippen LogP contribution in [0, 0.1) is 22.7 Å². The van der Waals surface area contributed by atoms with Crippen LogP contribution in [0.15, 0.2) is 0 Å². The molecule has 0 aliphatic heterocycles. The average Bonchev–Trinajstić information content (AvgIpc) is 3.26. The third kappa shape index (κ3) is 4.98. The van der Waals surface area contributed by atoms with E-state index in [-0.39, 0.29) is 0 Å². The highest BCUT2D eigenvalue weighted by Crippen LogP contribution is 2.48. The van der Waals surface area contributed by atoms with Crippen molar-refractivity contribution >= 4 is 0 Å². The van der Waals surface area contributed by atoms with Gasteiger partial charge in [0.25, 0.3) is 0 Å². The van der Waals surface area contributed by atoms with Crippen LogP contribution >= 0.6 is 0 Å². The number of hydrogen-bond acceptors (Lipinski definition) is 1. The van der Waals surface area contributed by atoms with Crippen molar-refractivity contribution in [3.05, 3.63) is 0 Å². The molecule has 0 atom stereocenters. The van der Waals surface area contributed by atoms with Crippen LogP contribution in [-0.2, 0) is 0 Å². The van der Waals surface area contributed by atoms with Gasteiger partial charge in [-0.3, -0.25) is 0 Å². The molecule has 0 unspecified atom stereocenters. The Bertz CT molecular complexity index is 298. The van der Waals surface area contributed by atoms with E-state index in [2.05, 4.69) is 39.9 Å². The molecule has 0 amide bonds. The first kappa shape index (κ1) is 17.3. The summed E-state index contributed by atoms with van der Waals surface area (Å²) in [7, 11) is 0. The van der Waals surface area contributed by atoms with E-state index in [1.54, 1.807) is 0 Å². The molecular formula is C20H39N. The fraction of sp³-hybridized carbons (Fsp3) is 1.00. The molecule has 2 fully saturated rings. The van der Waals surface area contributed by atoms with Crippen molar-refractivity contribution in [1.82, 2.24) is 5.32 Å². The summed E-state index contributed by atoms with van der Waals surface area (Å²) in [6, 6.07) is 0.865. The van der Waals surface area contributed by atoms with E-state index in [0.717, 1.165) is 17.9 Å². The quantitative estimate of drug-likeness (QED) is 0.626. The average molecular weight is 294 g/mol. The van der Waals surface area contributed by atoms with Crippen molar-refractivity contribution in [3.8, 4) is 0 Å². The van der Waals surface area contributed by atoms with Gasteiger partial charge in [0, 0.05) is 12.6 Å². The Kier molecular flexibility index (Phi) is 5.79. The Morgan fingerprint density at radius 2 is 1.57 bits per heavy atom. The first-order chi connectivity index (χ1) is 9.88. The van der Waals surface area contributed by atoms with E-state index in [1.807, 2.05) is 0 Å². The lowest BCUT2D eigenvalue weighted by Crippen LogP contribution is -2.41. The third-order valence-electron chi connectivity index (χ3n) is 6.49. The highest BCUT2D eigenvalue weighted by Gasteiger charge is 2.40. The molecule has 0 aromatic carbocycles. The van der Waals surface area contributed by atoms with Crippen LogP contribution in [0.25, 0.3) is 0 Å². The largest absolute Gasteiger partial charge is 0.313 e. The Morgan fingerprint density at radius 1 is 1.00 bits per heavy atom. The van der Waals surface area contributed by atoms with Crippen LogP contribution in [0.3, 0.4) is 0 Å². The molecule has 0 saturated heterocycles. The van der Waals surface area contributed by atoms with Gasteiger partial charge in [0.1, 0.15) is 0 Å². The van der Waals surface area contributed by atoms with Crippen molar-refractivity contribution in [2.45, 2.75) is 98.4 Å². The topological polar surface area (TPSA) is 12.0 Å². The number of rotatable bonds is 7. The van der Waals surface area contributed by atoms with E-state index < -0.39 is 0 Å². The zero-order valence-corrected chi connectivity index (χ0v) is 15.3.